The van der Waals surface area contributed by atoms with E-state index in [1.54, 1.807) is 0 Å². The molecule has 4 nitrogen and oxygen atoms in total. The zero-order chi connectivity index (χ0) is 14.8. The predicted octanol–water partition coefficient (Wildman–Crippen LogP) is 2.51. The van der Waals surface area contributed by atoms with Crippen molar-refractivity contribution in [2.75, 3.05) is 25.0 Å². The number of anilines is 1. The molecule has 2 heterocycles. The van der Waals surface area contributed by atoms with Crippen molar-refractivity contribution in [3.63, 3.8) is 0 Å². The minimum Gasteiger partial charge on any atom is -0.480 e. The van der Waals surface area contributed by atoms with Gasteiger partial charge in [-0.2, -0.15) is 0 Å². The van der Waals surface area contributed by atoms with Gasteiger partial charge in [0.25, 0.3) is 0 Å². The summed E-state index contributed by atoms with van der Waals surface area (Å²) in [4.78, 5) is 15.9. The third kappa shape index (κ3) is 3.05. The number of hydrogen-bond acceptors (Lipinski definition) is 3. The van der Waals surface area contributed by atoms with Gasteiger partial charge in [0.2, 0.25) is 0 Å². The maximum Gasteiger partial charge on any atom is 0.320 e. The van der Waals surface area contributed by atoms with Gasteiger partial charge in [0.05, 0.1) is 0 Å². The zero-order valence-corrected chi connectivity index (χ0v) is 12.7. The molecule has 114 valence electrons. The van der Waals surface area contributed by atoms with Crippen LogP contribution in [0.1, 0.15) is 36.8 Å². The number of carboxylic acid groups (broad SMARTS) is 1. The Kier molecular flexibility index (Phi) is 4.15. The number of likely N-dealkylation sites (tertiary alicyclic amines) is 1. The van der Waals surface area contributed by atoms with E-state index in [-0.39, 0.29) is 6.04 Å². The lowest BCUT2D eigenvalue weighted by Crippen LogP contribution is -2.40. The van der Waals surface area contributed by atoms with E-state index >= 15 is 0 Å². The number of likely N-dealkylation sites (N-methyl/N-ethyl adjacent to an activating group) is 1. The summed E-state index contributed by atoms with van der Waals surface area (Å²) in [5, 5.41) is 9.45. The smallest absolute Gasteiger partial charge is 0.320 e. The summed E-state index contributed by atoms with van der Waals surface area (Å²) in [5.41, 5.74) is 3.97. The van der Waals surface area contributed by atoms with Crippen LogP contribution >= 0.6 is 0 Å². The summed E-state index contributed by atoms with van der Waals surface area (Å²) >= 11 is 0. The summed E-state index contributed by atoms with van der Waals surface area (Å²) in [5.74, 6) is -0.669. The van der Waals surface area contributed by atoms with Crippen LogP contribution in [0, 0.1) is 0 Å². The van der Waals surface area contributed by atoms with Crippen molar-refractivity contribution in [3.05, 3.63) is 29.3 Å². The molecule has 3 rings (SSSR count). The van der Waals surface area contributed by atoms with E-state index in [1.165, 1.54) is 16.8 Å². The average Bonchev–Trinajstić information content (AvgIpc) is 2.69. The van der Waals surface area contributed by atoms with Gasteiger partial charge in [0.15, 0.2) is 0 Å². The van der Waals surface area contributed by atoms with Crippen molar-refractivity contribution in [1.29, 1.82) is 0 Å². The molecule has 1 atom stereocenters. The lowest BCUT2D eigenvalue weighted by atomic mass is 10.1. The fourth-order valence-corrected chi connectivity index (χ4v) is 3.59. The van der Waals surface area contributed by atoms with Gasteiger partial charge in [0.1, 0.15) is 6.04 Å². The molecule has 21 heavy (non-hydrogen) atoms. The van der Waals surface area contributed by atoms with E-state index in [0.717, 1.165) is 51.7 Å². The van der Waals surface area contributed by atoms with Gasteiger partial charge in [-0.3, -0.25) is 9.69 Å². The third-order valence-electron chi connectivity index (χ3n) is 4.81. The first-order valence-corrected chi connectivity index (χ1v) is 7.95. The normalized spacial score (nSPS) is 22.9. The second kappa shape index (κ2) is 6.06. The molecular formula is C17H24N2O2. The molecule has 2 aliphatic heterocycles. The minimum atomic E-state index is -0.669. The molecule has 0 bridgehead atoms. The van der Waals surface area contributed by atoms with Crippen molar-refractivity contribution >= 4 is 11.7 Å². The number of nitrogens with zero attached hydrogens (tertiary/aromatic N) is 2. The molecule has 1 N–H and O–H groups in total. The SMILES string of the molecule is CN1CCc2cc(CN3CCCCCC3C(=O)O)ccc21. The molecule has 4 heteroatoms. The van der Waals surface area contributed by atoms with Crippen molar-refractivity contribution in [2.24, 2.45) is 0 Å². The maximum atomic E-state index is 11.5. The highest BCUT2D eigenvalue weighted by atomic mass is 16.4. The lowest BCUT2D eigenvalue weighted by molar-refractivity contribution is -0.143. The first-order chi connectivity index (χ1) is 10.1. The third-order valence-corrected chi connectivity index (χ3v) is 4.81. The monoisotopic (exact) mass is 288 g/mol. The highest BCUT2D eigenvalue weighted by Crippen LogP contribution is 2.28. The number of hydrogen-bond donors (Lipinski definition) is 1. The van der Waals surface area contributed by atoms with Gasteiger partial charge in [-0.05, 0) is 43.0 Å². The number of fused-ring (bicyclic) bond motifs is 1. The van der Waals surface area contributed by atoms with E-state index in [9.17, 15) is 9.90 Å². The minimum absolute atomic E-state index is 0.316. The Morgan fingerprint density at radius 3 is 2.95 bits per heavy atom. The molecule has 0 radical (unpaired) electrons. The van der Waals surface area contributed by atoms with E-state index < -0.39 is 5.97 Å². The summed E-state index contributed by atoms with van der Waals surface area (Å²) in [7, 11) is 2.13. The Labute approximate surface area is 126 Å². The van der Waals surface area contributed by atoms with Gasteiger partial charge in [-0.25, -0.2) is 0 Å². The topological polar surface area (TPSA) is 43.8 Å². The van der Waals surface area contributed by atoms with Crippen molar-refractivity contribution in [2.45, 2.75) is 44.7 Å². The Balaban J connectivity index is 1.76. The molecule has 2 aliphatic rings. The van der Waals surface area contributed by atoms with Crippen LogP contribution < -0.4 is 4.90 Å². The lowest BCUT2D eigenvalue weighted by Gasteiger charge is -2.27. The second-order valence-corrected chi connectivity index (χ2v) is 6.31. The average molecular weight is 288 g/mol. The summed E-state index contributed by atoms with van der Waals surface area (Å²) in [6.07, 6.45) is 5.17. The molecular weight excluding hydrogens is 264 g/mol. The van der Waals surface area contributed by atoms with E-state index in [4.69, 9.17) is 0 Å². The first kappa shape index (κ1) is 14.4. The van der Waals surface area contributed by atoms with Crippen molar-refractivity contribution in [3.8, 4) is 0 Å². The number of rotatable bonds is 3. The van der Waals surface area contributed by atoms with E-state index in [1.807, 2.05) is 0 Å². The van der Waals surface area contributed by atoms with Gasteiger partial charge >= 0.3 is 5.97 Å². The molecule has 0 aliphatic carbocycles. The molecule has 0 spiro atoms. The highest BCUT2D eigenvalue weighted by molar-refractivity contribution is 5.73. The Hall–Kier alpha value is -1.55. The summed E-state index contributed by atoms with van der Waals surface area (Å²) in [6.45, 7) is 2.74. The second-order valence-electron chi connectivity index (χ2n) is 6.31. The van der Waals surface area contributed by atoms with Crippen LogP contribution in [0.2, 0.25) is 0 Å². The van der Waals surface area contributed by atoms with Crippen LogP contribution in [0.4, 0.5) is 5.69 Å². The summed E-state index contributed by atoms with van der Waals surface area (Å²) in [6, 6.07) is 6.29. The fourth-order valence-electron chi connectivity index (χ4n) is 3.59. The van der Waals surface area contributed by atoms with Crippen LogP contribution in [0.5, 0.6) is 0 Å². The van der Waals surface area contributed by atoms with E-state index in [0.29, 0.717) is 0 Å². The molecule has 1 unspecified atom stereocenters. The van der Waals surface area contributed by atoms with Crippen LogP contribution in [-0.4, -0.2) is 42.2 Å². The molecule has 0 saturated carbocycles. The van der Waals surface area contributed by atoms with Crippen LogP contribution in [0.15, 0.2) is 18.2 Å². The molecule has 1 saturated heterocycles. The molecule has 0 amide bonds. The fraction of sp³-hybridized carbons (Fsp3) is 0.588. The largest absolute Gasteiger partial charge is 0.480 e. The number of carboxylic acids is 1. The Bertz CT molecular complexity index is 530. The molecule has 1 fully saturated rings. The van der Waals surface area contributed by atoms with Crippen LogP contribution in [-0.2, 0) is 17.8 Å². The Morgan fingerprint density at radius 2 is 2.14 bits per heavy atom. The van der Waals surface area contributed by atoms with Crippen molar-refractivity contribution in [1.82, 2.24) is 4.90 Å². The number of carbonyl (C=O) groups is 1. The Morgan fingerprint density at radius 1 is 1.29 bits per heavy atom. The van der Waals surface area contributed by atoms with E-state index in [2.05, 4.69) is 35.0 Å². The van der Waals surface area contributed by atoms with Gasteiger partial charge in [-0.1, -0.05) is 25.0 Å². The maximum absolute atomic E-state index is 11.5. The standard InChI is InChI=1S/C17H24N2O2/c1-18-10-8-14-11-13(6-7-15(14)18)12-19-9-4-2-3-5-16(19)17(20)21/h6-7,11,16H,2-5,8-10,12H2,1H3,(H,20,21). The highest BCUT2D eigenvalue weighted by Gasteiger charge is 2.27. The van der Waals surface area contributed by atoms with Crippen LogP contribution in [0.25, 0.3) is 0 Å². The van der Waals surface area contributed by atoms with Gasteiger partial charge in [0, 0.05) is 25.8 Å². The number of benzene rings is 1. The number of aliphatic carboxylic acids is 1. The van der Waals surface area contributed by atoms with Gasteiger partial charge < -0.3 is 10.0 Å². The first-order valence-electron chi connectivity index (χ1n) is 7.95. The quantitative estimate of drug-likeness (QED) is 0.928. The molecule has 1 aromatic carbocycles. The summed E-state index contributed by atoms with van der Waals surface area (Å²) < 4.78 is 0. The molecule has 0 aromatic heterocycles. The van der Waals surface area contributed by atoms with Gasteiger partial charge in [-0.15, -0.1) is 0 Å². The molecule has 1 aromatic rings. The predicted molar refractivity (Wildman–Crippen MR) is 83.7 cm³/mol. The van der Waals surface area contributed by atoms with Crippen LogP contribution in [0.3, 0.4) is 0 Å². The van der Waals surface area contributed by atoms with Crippen molar-refractivity contribution < 1.29 is 9.90 Å². The zero-order valence-electron chi connectivity index (χ0n) is 12.7.